The third-order valence-corrected chi connectivity index (χ3v) is 5.16. The molecule has 0 radical (unpaired) electrons. The van der Waals surface area contributed by atoms with E-state index in [1.165, 1.54) is 6.08 Å². The highest BCUT2D eigenvalue weighted by Crippen LogP contribution is 2.32. The van der Waals surface area contributed by atoms with Crippen molar-refractivity contribution in [2.24, 2.45) is 5.92 Å². The van der Waals surface area contributed by atoms with Crippen molar-refractivity contribution >= 4 is 17.8 Å². The molecule has 4 rings (SSSR count). The second-order valence-corrected chi connectivity index (χ2v) is 7.10. The number of carbonyl (C=O) groups is 2. The number of nitrogens with zero attached hydrogens (tertiary/aromatic N) is 1. The number of benzene rings is 1. The molecule has 2 aliphatic heterocycles. The van der Waals surface area contributed by atoms with E-state index in [2.05, 4.69) is 0 Å². The summed E-state index contributed by atoms with van der Waals surface area (Å²) < 4.78 is 16.5. The summed E-state index contributed by atoms with van der Waals surface area (Å²) in [5.74, 6) is 2.75. The van der Waals surface area contributed by atoms with Crippen LogP contribution in [0.3, 0.4) is 0 Å². The Hall–Kier alpha value is -3.02. The number of ketones is 1. The lowest BCUT2D eigenvalue weighted by Crippen LogP contribution is -2.39. The number of hydrogen-bond donors (Lipinski definition) is 0. The number of rotatable bonds is 4. The number of piperidine rings is 1. The van der Waals surface area contributed by atoms with E-state index >= 15 is 0 Å². The van der Waals surface area contributed by atoms with Gasteiger partial charge in [0.25, 0.3) is 0 Å². The molecular formula is C22H23NO5. The summed E-state index contributed by atoms with van der Waals surface area (Å²) in [5, 5.41) is 0. The Morgan fingerprint density at radius 1 is 1.04 bits per heavy atom. The molecule has 0 spiro atoms. The highest BCUT2D eigenvalue weighted by Gasteiger charge is 2.28. The van der Waals surface area contributed by atoms with Gasteiger partial charge in [-0.25, -0.2) is 0 Å². The van der Waals surface area contributed by atoms with E-state index in [1.54, 1.807) is 29.2 Å². The Balaban J connectivity index is 1.34. The van der Waals surface area contributed by atoms with Crippen LogP contribution in [-0.4, -0.2) is 42.9 Å². The molecule has 0 unspecified atom stereocenters. The molecule has 0 atom stereocenters. The van der Waals surface area contributed by atoms with Crippen molar-refractivity contribution in [1.82, 2.24) is 4.90 Å². The molecule has 146 valence electrons. The fourth-order valence-corrected chi connectivity index (χ4v) is 3.60. The molecule has 6 heteroatoms. The molecule has 1 saturated heterocycles. The van der Waals surface area contributed by atoms with Crippen LogP contribution in [0.1, 0.15) is 34.7 Å². The highest BCUT2D eigenvalue weighted by molar-refractivity contribution is 5.99. The third kappa shape index (κ3) is 3.96. The van der Waals surface area contributed by atoms with E-state index in [9.17, 15) is 9.59 Å². The van der Waals surface area contributed by atoms with Gasteiger partial charge in [-0.3, -0.25) is 9.59 Å². The summed E-state index contributed by atoms with van der Waals surface area (Å²) in [6.07, 6.45) is 4.53. The lowest BCUT2D eigenvalue weighted by molar-refractivity contribution is -0.127. The first-order valence-corrected chi connectivity index (χ1v) is 9.57. The largest absolute Gasteiger partial charge is 0.486 e. The zero-order chi connectivity index (χ0) is 19.5. The van der Waals surface area contributed by atoms with E-state index in [0.29, 0.717) is 62.0 Å². The second kappa shape index (κ2) is 7.92. The minimum atomic E-state index is -0.0803. The van der Waals surface area contributed by atoms with E-state index in [4.69, 9.17) is 13.9 Å². The predicted molar refractivity (Wildman–Crippen MR) is 104 cm³/mol. The van der Waals surface area contributed by atoms with Gasteiger partial charge in [-0.1, -0.05) is 0 Å². The van der Waals surface area contributed by atoms with Crippen molar-refractivity contribution < 1.29 is 23.5 Å². The lowest BCUT2D eigenvalue weighted by Gasteiger charge is -2.30. The number of carbonyl (C=O) groups excluding carboxylic acids is 2. The van der Waals surface area contributed by atoms with Crippen molar-refractivity contribution in [2.45, 2.75) is 19.8 Å². The van der Waals surface area contributed by atoms with E-state index in [0.717, 1.165) is 5.76 Å². The van der Waals surface area contributed by atoms with Gasteiger partial charge in [0.15, 0.2) is 17.3 Å². The van der Waals surface area contributed by atoms with Gasteiger partial charge in [0.1, 0.15) is 24.7 Å². The number of Topliss-reactive ketones (excluding diaryl/α,β-unsaturated/α-hetero) is 1. The summed E-state index contributed by atoms with van der Waals surface area (Å²) in [6.45, 7) is 4.03. The molecule has 0 aliphatic carbocycles. The molecule has 0 N–H and O–H groups in total. The molecule has 2 aliphatic rings. The zero-order valence-electron chi connectivity index (χ0n) is 15.8. The van der Waals surface area contributed by atoms with Gasteiger partial charge < -0.3 is 18.8 Å². The Morgan fingerprint density at radius 2 is 1.79 bits per heavy atom. The van der Waals surface area contributed by atoms with Crippen molar-refractivity contribution in [1.29, 1.82) is 0 Å². The normalized spacial score (nSPS) is 17.1. The van der Waals surface area contributed by atoms with Crippen LogP contribution >= 0.6 is 0 Å². The van der Waals surface area contributed by atoms with Crippen LogP contribution in [0.5, 0.6) is 11.5 Å². The number of amides is 1. The van der Waals surface area contributed by atoms with Crippen LogP contribution in [0.15, 0.2) is 40.8 Å². The molecule has 1 fully saturated rings. The smallest absolute Gasteiger partial charge is 0.246 e. The van der Waals surface area contributed by atoms with Gasteiger partial charge >= 0.3 is 0 Å². The molecule has 0 saturated carbocycles. The molecule has 1 amide bonds. The molecule has 1 aromatic heterocycles. The van der Waals surface area contributed by atoms with Gasteiger partial charge in [0.05, 0.1) is 0 Å². The topological polar surface area (TPSA) is 69.0 Å². The maximum absolute atomic E-state index is 12.8. The summed E-state index contributed by atoms with van der Waals surface area (Å²) in [6, 6.07) is 9.04. The molecule has 3 heterocycles. The summed E-state index contributed by atoms with van der Waals surface area (Å²) >= 11 is 0. The van der Waals surface area contributed by atoms with Gasteiger partial charge in [0.2, 0.25) is 5.91 Å². The molecule has 0 bridgehead atoms. The van der Waals surface area contributed by atoms with Crippen LogP contribution < -0.4 is 9.47 Å². The van der Waals surface area contributed by atoms with Crippen LogP contribution in [0.25, 0.3) is 6.08 Å². The standard InChI is InChI=1S/C22H23NO5/c1-15-2-4-18(28-15)5-7-21(24)23-10-8-16(9-11-23)22(25)17-3-6-19-20(14-17)27-13-12-26-19/h2-7,14,16H,8-13H2,1H3. The maximum atomic E-state index is 12.8. The first-order valence-electron chi connectivity index (χ1n) is 9.57. The Bertz CT molecular complexity index is 905. The van der Waals surface area contributed by atoms with E-state index < -0.39 is 0 Å². The number of hydrogen-bond acceptors (Lipinski definition) is 5. The van der Waals surface area contributed by atoms with Gasteiger partial charge in [-0.15, -0.1) is 0 Å². The van der Waals surface area contributed by atoms with Crippen molar-refractivity contribution in [2.75, 3.05) is 26.3 Å². The molecule has 2 aromatic rings. The predicted octanol–water partition coefficient (Wildman–Crippen LogP) is 3.49. The van der Waals surface area contributed by atoms with Gasteiger partial charge in [0, 0.05) is 30.6 Å². The van der Waals surface area contributed by atoms with Crippen molar-refractivity contribution in [3.05, 3.63) is 53.5 Å². The first kappa shape index (κ1) is 18.3. The maximum Gasteiger partial charge on any atom is 0.246 e. The van der Waals surface area contributed by atoms with E-state index in [1.807, 2.05) is 19.1 Å². The Morgan fingerprint density at radius 3 is 2.50 bits per heavy atom. The molecule has 6 nitrogen and oxygen atoms in total. The second-order valence-electron chi connectivity index (χ2n) is 7.10. The number of fused-ring (bicyclic) bond motifs is 1. The number of aryl methyl sites for hydroxylation is 1. The minimum Gasteiger partial charge on any atom is -0.486 e. The highest BCUT2D eigenvalue weighted by atomic mass is 16.6. The monoisotopic (exact) mass is 381 g/mol. The minimum absolute atomic E-state index is 0.0562. The van der Waals surface area contributed by atoms with Crippen LogP contribution in [-0.2, 0) is 4.79 Å². The quantitative estimate of drug-likeness (QED) is 0.599. The first-order chi connectivity index (χ1) is 13.6. The molecule has 28 heavy (non-hydrogen) atoms. The average molecular weight is 381 g/mol. The van der Waals surface area contributed by atoms with Crippen LogP contribution in [0, 0.1) is 12.8 Å². The Kier molecular flexibility index (Phi) is 5.19. The summed E-state index contributed by atoms with van der Waals surface area (Å²) in [7, 11) is 0. The van der Waals surface area contributed by atoms with Gasteiger partial charge in [-0.05, 0) is 56.2 Å². The fourth-order valence-electron chi connectivity index (χ4n) is 3.60. The molecule has 1 aromatic carbocycles. The number of likely N-dealkylation sites (tertiary alicyclic amines) is 1. The van der Waals surface area contributed by atoms with Crippen molar-refractivity contribution in [3.63, 3.8) is 0 Å². The zero-order valence-corrected chi connectivity index (χ0v) is 15.8. The third-order valence-electron chi connectivity index (χ3n) is 5.16. The van der Waals surface area contributed by atoms with Crippen LogP contribution in [0.4, 0.5) is 0 Å². The lowest BCUT2D eigenvalue weighted by atomic mass is 9.88. The summed E-state index contributed by atoms with van der Waals surface area (Å²) in [5.41, 5.74) is 0.641. The fraction of sp³-hybridized carbons (Fsp3) is 0.364. The summed E-state index contributed by atoms with van der Waals surface area (Å²) in [4.78, 5) is 27.0. The van der Waals surface area contributed by atoms with Crippen molar-refractivity contribution in [3.8, 4) is 11.5 Å². The number of furan rings is 1. The van der Waals surface area contributed by atoms with E-state index in [-0.39, 0.29) is 17.6 Å². The molecular weight excluding hydrogens is 358 g/mol. The Labute approximate surface area is 163 Å². The SMILES string of the molecule is Cc1ccc(C=CC(=O)N2CCC(C(=O)c3ccc4c(c3)OCCO4)CC2)o1. The average Bonchev–Trinajstić information content (AvgIpc) is 3.16. The number of ether oxygens (including phenoxy) is 2. The van der Waals surface area contributed by atoms with Gasteiger partial charge in [-0.2, -0.15) is 0 Å². The van der Waals surface area contributed by atoms with Crippen LogP contribution in [0.2, 0.25) is 0 Å².